The maximum Gasteiger partial charge on any atom is 0.0939 e. The first-order valence-electron chi connectivity index (χ1n) is 9.59. The fourth-order valence-corrected chi connectivity index (χ4v) is 8.02. The van der Waals surface area contributed by atoms with Crippen LogP contribution in [-0.2, 0) is 0 Å². The highest BCUT2D eigenvalue weighted by molar-refractivity contribution is 5.23. The van der Waals surface area contributed by atoms with Gasteiger partial charge in [-0.2, -0.15) is 0 Å². The molecule has 0 aromatic heterocycles. The molecule has 4 rings (SSSR count). The Kier molecular flexibility index (Phi) is 3.09. The molecule has 0 radical (unpaired) electrons. The molecular weight excluding hydrogens is 288 g/mol. The van der Waals surface area contributed by atoms with Crippen LogP contribution in [0.2, 0.25) is 0 Å². The van der Waals surface area contributed by atoms with Crippen molar-refractivity contribution in [3.05, 3.63) is 0 Å². The van der Waals surface area contributed by atoms with Gasteiger partial charge in [0.25, 0.3) is 0 Å². The van der Waals surface area contributed by atoms with Crippen LogP contribution in [0.25, 0.3) is 0 Å². The van der Waals surface area contributed by atoms with Crippen molar-refractivity contribution in [2.24, 2.45) is 28.1 Å². The van der Waals surface area contributed by atoms with Gasteiger partial charge in [-0.15, -0.1) is 0 Å². The quantitative estimate of drug-likeness (QED) is 0.641. The highest BCUT2D eigenvalue weighted by Gasteiger charge is 2.73. The van der Waals surface area contributed by atoms with E-state index in [1.54, 1.807) is 0 Å². The minimum atomic E-state index is -0.954. The minimum Gasteiger partial charge on any atom is -0.393 e. The minimum absolute atomic E-state index is 0.0814. The molecule has 3 nitrogen and oxygen atoms in total. The van der Waals surface area contributed by atoms with Crippen molar-refractivity contribution in [1.82, 2.24) is 0 Å². The van der Waals surface area contributed by atoms with E-state index in [1.165, 1.54) is 12.8 Å². The van der Waals surface area contributed by atoms with E-state index in [2.05, 4.69) is 20.8 Å². The van der Waals surface area contributed by atoms with Crippen molar-refractivity contribution in [3.63, 3.8) is 0 Å². The van der Waals surface area contributed by atoms with Gasteiger partial charge in [-0.3, -0.25) is 0 Å². The molecule has 132 valence electrons. The molecule has 3 heteroatoms. The SMILES string of the molecule is CC1(C)C[C@H](O)C[C@@]2(C)[C@H]1CC[C@H]1C[C@]3(O)C[C@]12CC[C@]3(C)O. The molecular formula is C20H34O3. The summed E-state index contributed by atoms with van der Waals surface area (Å²) in [5.74, 6) is 1.11. The number of rotatable bonds is 0. The molecule has 4 aliphatic rings. The Morgan fingerprint density at radius 3 is 2.26 bits per heavy atom. The Bertz CT molecular complexity index is 527. The van der Waals surface area contributed by atoms with Crippen molar-refractivity contribution in [1.29, 1.82) is 0 Å². The molecule has 0 aromatic carbocycles. The lowest BCUT2D eigenvalue weighted by Gasteiger charge is -2.66. The lowest BCUT2D eigenvalue weighted by atomic mass is 9.39. The predicted molar refractivity (Wildman–Crippen MR) is 89.8 cm³/mol. The van der Waals surface area contributed by atoms with Gasteiger partial charge in [-0.1, -0.05) is 20.8 Å². The summed E-state index contributed by atoms with van der Waals surface area (Å²) in [6, 6.07) is 0. The van der Waals surface area contributed by atoms with E-state index in [1.807, 2.05) is 6.92 Å². The molecule has 2 bridgehead atoms. The van der Waals surface area contributed by atoms with Gasteiger partial charge in [0.15, 0.2) is 0 Å². The Morgan fingerprint density at radius 1 is 0.870 bits per heavy atom. The smallest absolute Gasteiger partial charge is 0.0939 e. The van der Waals surface area contributed by atoms with Crippen LogP contribution in [0, 0.1) is 28.1 Å². The van der Waals surface area contributed by atoms with E-state index in [0.717, 1.165) is 32.1 Å². The van der Waals surface area contributed by atoms with Crippen LogP contribution in [-0.4, -0.2) is 32.6 Å². The molecule has 23 heavy (non-hydrogen) atoms. The summed E-state index contributed by atoms with van der Waals surface area (Å²) in [5.41, 5.74) is -1.54. The molecule has 4 aliphatic carbocycles. The Hall–Kier alpha value is -0.120. The summed E-state index contributed by atoms with van der Waals surface area (Å²) >= 11 is 0. The maximum atomic E-state index is 11.3. The lowest BCUT2D eigenvalue weighted by Crippen LogP contribution is -2.62. The van der Waals surface area contributed by atoms with E-state index < -0.39 is 11.2 Å². The van der Waals surface area contributed by atoms with Gasteiger partial charge >= 0.3 is 0 Å². The number of aliphatic hydroxyl groups excluding tert-OH is 1. The van der Waals surface area contributed by atoms with Crippen LogP contribution in [0.15, 0.2) is 0 Å². The summed E-state index contributed by atoms with van der Waals surface area (Å²) in [6.45, 7) is 8.89. The zero-order chi connectivity index (χ0) is 16.9. The van der Waals surface area contributed by atoms with Gasteiger partial charge < -0.3 is 15.3 Å². The monoisotopic (exact) mass is 322 g/mol. The molecule has 7 atom stereocenters. The molecule has 1 spiro atoms. The average Bonchev–Trinajstić information content (AvgIpc) is 2.66. The number of fused-ring (bicyclic) bond motifs is 2. The number of hydrogen-bond acceptors (Lipinski definition) is 3. The van der Waals surface area contributed by atoms with Crippen LogP contribution in [0.4, 0.5) is 0 Å². The van der Waals surface area contributed by atoms with E-state index in [-0.39, 0.29) is 22.3 Å². The fourth-order valence-electron chi connectivity index (χ4n) is 8.02. The van der Waals surface area contributed by atoms with Crippen LogP contribution < -0.4 is 0 Å². The third kappa shape index (κ3) is 1.82. The topological polar surface area (TPSA) is 60.7 Å². The molecule has 0 aromatic rings. The zero-order valence-electron chi connectivity index (χ0n) is 15.2. The van der Waals surface area contributed by atoms with Gasteiger partial charge in [-0.05, 0) is 86.4 Å². The van der Waals surface area contributed by atoms with Gasteiger partial charge in [0, 0.05) is 0 Å². The summed E-state index contributed by atoms with van der Waals surface area (Å²) in [6.07, 6.45) is 7.11. The third-order valence-corrected chi connectivity index (χ3v) is 9.11. The maximum absolute atomic E-state index is 11.3. The van der Waals surface area contributed by atoms with Crippen molar-refractivity contribution < 1.29 is 15.3 Å². The largest absolute Gasteiger partial charge is 0.393 e. The van der Waals surface area contributed by atoms with Crippen molar-refractivity contribution in [2.75, 3.05) is 0 Å². The predicted octanol–water partition coefficient (Wildman–Crippen LogP) is 3.26. The second kappa shape index (κ2) is 4.34. The highest BCUT2D eigenvalue weighted by Crippen LogP contribution is 2.75. The summed E-state index contributed by atoms with van der Waals surface area (Å²) < 4.78 is 0. The second-order valence-corrected chi connectivity index (χ2v) is 10.6. The first-order chi connectivity index (χ1) is 10.5. The fraction of sp³-hybridized carbons (Fsp3) is 1.00. The van der Waals surface area contributed by atoms with E-state index in [9.17, 15) is 15.3 Å². The van der Waals surface area contributed by atoms with E-state index in [0.29, 0.717) is 18.3 Å². The van der Waals surface area contributed by atoms with Crippen LogP contribution in [0.1, 0.15) is 79.1 Å². The number of aliphatic hydroxyl groups is 3. The average molecular weight is 322 g/mol. The van der Waals surface area contributed by atoms with Gasteiger partial charge in [0.05, 0.1) is 17.3 Å². The first-order valence-corrected chi connectivity index (χ1v) is 9.59. The van der Waals surface area contributed by atoms with Crippen LogP contribution >= 0.6 is 0 Å². The molecule has 0 aliphatic heterocycles. The summed E-state index contributed by atoms with van der Waals surface area (Å²) in [5, 5.41) is 32.7. The van der Waals surface area contributed by atoms with Crippen molar-refractivity contribution >= 4 is 0 Å². The molecule has 0 amide bonds. The molecule has 3 N–H and O–H groups in total. The highest BCUT2D eigenvalue weighted by atomic mass is 16.4. The van der Waals surface area contributed by atoms with Crippen LogP contribution in [0.5, 0.6) is 0 Å². The number of hydrogen-bond donors (Lipinski definition) is 3. The molecule has 0 heterocycles. The molecule has 4 fully saturated rings. The van der Waals surface area contributed by atoms with Gasteiger partial charge in [0.1, 0.15) is 0 Å². The van der Waals surface area contributed by atoms with Crippen molar-refractivity contribution in [3.8, 4) is 0 Å². The summed E-state index contributed by atoms with van der Waals surface area (Å²) in [4.78, 5) is 0. The Labute approximate surface area is 140 Å². The third-order valence-electron chi connectivity index (χ3n) is 9.11. The Morgan fingerprint density at radius 2 is 1.57 bits per heavy atom. The molecule has 0 saturated heterocycles. The normalized spacial score (nSPS) is 60.9. The van der Waals surface area contributed by atoms with Crippen molar-refractivity contribution in [2.45, 2.75) is 96.4 Å². The summed E-state index contributed by atoms with van der Waals surface area (Å²) in [7, 11) is 0. The van der Waals surface area contributed by atoms with E-state index >= 15 is 0 Å². The lowest BCUT2D eigenvalue weighted by molar-refractivity contribution is -0.217. The standard InChI is InChI=1S/C20H34O3/c1-16(2)10-14(21)11-17(3)15(16)6-5-13-9-20(23)12-19(13,17)8-7-18(20,4)22/h13-15,21-23H,5-12H2,1-4H3/t13-,14-,15-,17-,18-,19+,20-/m0/s1. The van der Waals surface area contributed by atoms with Gasteiger partial charge in [-0.25, -0.2) is 0 Å². The zero-order valence-corrected chi connectivity index (χ0v) is 15.2. The molecule has 4 saturated carbocycles. The Balaban J connectivity index is 1.81. The van der Waals surface area contributed by atoms with Gasteiger partial charge in [0.2, 0.25) is 0 Å². The second-order valence-electron chi connectivity index (χ2n) is 10.6. The van der Waals surface area contributed by atoms with Crippen LogP contribution in [0.3, 0.4) is 0 Å². The first kappa shape index (κ1) is 16.4. The molecule has 0 unspecified atom stereocenters. The van der Waals surface area contributed by atoms with E-state index in [4.69, 9.17) is 0 Å².